The number of nitrogens with one attached hydrogen (secondary N) is 1. The van der Waals surface area contributed by atoms with Gasteiger partial charge in [0.05, 0.1) is 5.70 Å². The van der Waals surface area contributed by atoms with E-state index in [1.807, 2.05) is 24.3 Å². The Morgan fingerprint density at radius 1 is 1.12 bits per heavy atom. The molecule has 0 saturated heterocycles. The first-order valence-corrected chi connectivity index (χ1v) is 9.78. The van der Waals surface area contributed by atoms with Gasteiger partial charge in [-0.05, 0) is 17.9 Å². The van der Waals surface area contributed by atoms with Gasteiger partial charge in [0.2, 0.25) is 11.7 Å². The van der Waals surface area contributed by atoms with Crippen molar-refractivity contribution in [3.8, 4) is 0 Å². The van der Waals surface area contributed by atoms with E-state index in [9.17, 15) is 9.59 Å². The smallest absolute Gasteiger partial charge is 0.224 e. The number of ketones is 1. The lowest BCUT2D eigenvalue weighted by Gasteiger charge is -2.23. The number of rotatable bonds is 8. The zero-order valence-corrected chi connectivity index (χ0v) is 16.3. The minimum absolute atomic E-state index is 0.0570. The fraction of sp³-hybridized carbons (Fsp3) is 0.500. The number of carbonyl (C=O) groups is 2. The fourth-order valence-electron chi connectivity index (χ4n) is 3.20. The fourth-order valence-corrected chi connectivity index (χ4v) is 4.42. The first-order valence-electron chi connectivity index (χ1n) is 8.87. The molecule has 1 aromatic carbocycles. The number of amides is 1. The maximum absolute atomic E-state index is 12.8. The Hall–Kier alpha value is -1.42. The zero-order valence-electron chi connectivity index (χ0n) is 14.7. The highest BCUT2D eigenvalue weighted by Crippen LogP contribution is 2.41. The first-order chi connectivity index (χ1) is 11.5. The SMILES string of the molecule is CCCCC(=O)NC1=C(C(Br)C(CC)CC)c2ccccc2C1=O. The lowest BCUT2D eigenvalue weighted by Crippen LogP contribution is -2.28. The predicted molar refractivity (Wildman–Crippen MR) is 102 cm³/mol. The molecular formula is C20H26BrNO2. The third kappa shape index (κ3) is 3.80. The van der Waals surface area contributed by atoms with Gasteiger partial charge in [0.15, 0.2) is 0 Å². The molecule has 0 spiro atoms. The van der Waals surface area contributed by atoms with Crippen LogP contribution in [0.15, 0.2) is 30.0 Å². The molecule has 1 amide bonds. The normalized spacial score (nSPS) is 15.0. The summed E-state index contributed by atoms with van der Waals surface area (Å²) in [6.45, 7) is 6.37. The monoisotopic (exact) mass is 391 g/mol. The van der Waals surface area contributed by atoms with Crippen molar-refractivity contribution in [2.45, 2.75) is 57.7 Å². The van der Waals surface area contributed by atoms with E-state index >= 15 is 0 Å². The molecule has 0 radical (unpaired) electrons. The highest BCUT2D eigenvalue weighted by Gasteiger charge is 2.35. The van der Waals surface area contributed by atoms with Crippen molar-refractivity contribution in [2.24, 2.45) is 5.92 Å². The average Bonchev–Trinajstić information content (AvgIpc) is 2.86. The number of alkyl halides is 1. The van der Waals surface area contributed by atoms with Gasteiger partial charge < -0.3 is 5.32 Å². The largest absolute Gasteiger partial charge is 0.323 e. The minimum Gasteiger partial charge on any atom is -0.323 e. The van der Waals surface area contributed by atoms with Crippen molar-refractivity contribution in [1.29, 1.82) is 0 Å². The lowest BCUT2D eigenvalue weighted by molar-refractivity contribution is -0.120. The van der Waals surface area contributed by atoms with Crippen molar-refractivity contribution >= 4 is 33.2 Å². The van der Waals surface area contributed by atoms with E-state index in [1.165, 1.54) is 0 Å². The molecule has 1 N–H and O–H groups in total. The van der Waals surface area contributed by atoms with Crippen LogP contribution in [0, 0.1) is 5.92 Å². The third-order valence-corrected chi connectivity index (χ3v) is 5.92. The molecule has 0 bridgehead atoms. The van der Waals surface area contributed by atoms with Gasteiger partial charge in [-0.3, -0.25) is 9.59 Å². The second-order valence-corrected chi connectivity index (χ2v) is 7.28. The van der Waals surface area contributed by atoms with Crippen LogP contribution >= 0.6 is 15.9 Å². The number of unbranched alkanes of at least 4 members (excludes halogenated alkanes) is 1. The molecular weight excluding hydrogens is 366 g/mol. The van der Waals surface area contributed by atoms with Crippen molar-refractivity contribution in [3.63, 3.8) is 0 Å². The number of fused-ring (bicyclic) bond motifs is 1. The highest BCUT2D eigenvalue weighted by atomic mass is 79.9. The summed E-state index contributed by atoms with van der Waals surface area (Å²) in [5.41, 5.74) is 3.04. The maximum atomic E-state index is 12.8. The van der Waals surface area contributed by atoms with Crippen molar-refractivity contribution in [3.05, 3.63) is 41.1 Å². The van der Waals surface area contributed by atoms with E-state index in [0.29, 0.717) is 23.6 Å². The van der Waals surface area contributed by atoms with Crippen LogP contribution in [0.3, 0.4) is 0 Å². The third-order valence-electron chi connectivity index (χ3n) is 4.72. The lowest BCUT2D eigenvalue weighted by atomic mass is 9.91. The molecule has 1 aliphatic rings. The number of benzene rings is 1. The van der Waals surface area contributed by atoms with Crippen molar-refractivity contribution in [1.82, 2.24) is 5.32 Å². The van der Waals surface area contributed by atoms with Crippen LogP contribution < -0.4 is 5.32 Å². The second-order valence-electron chi connectivity index (χ2n) is 6.29. The van der Waals surface area contributed by atoms with Crippen molar-refractivity contribution < 1.29 is 9.59 Å². The Labute approximate surface area is 153 Å². The molecule has 0 fully saturated rings. The molecule has 0 saturated carbocycles. The number of halogens is 1. The van der Waals surface area contributed by atoms with Gasteiger partial charge in [0, 0.05) is 22.4 Å². The maximum Gasteiger partial charge on any atom is 0.224 e. The molecule has 0 aromatic heterocycles. The summed E-state index contributed by atoms with van der Waals surface area (Å²) in [5.74, 6) is 0.275. The van der Waals surface area contributed by atoms with Gasteiger partial charge in [-0.2, -0.15) is 0 Å². The number of hydrogen-bond acceptors (Lipinski definition) is 2. The summed E-state index contributed by atoms with van der Waals surface area (Å²) in [4.78, 5) is 25.1. The molecule has 4 heteroatoms. The summed E-state index contributed by atoms with van der Waals surface area (Å²) in [6.07, 6.45) is 4.28. The molecule has 130 valence electrons. The van der Waals surface area contributed by atoms with Gasteiger partial charge >= 0.3 is 0 Å². The van der Waals surface area contributed by atoms with Crippen LogP contribution in [0.25, 0.3) is 5.57 Å². The number of hydrogen-bond donors (Lipinski definition) is 1. The Balaban J connectivity index is 2.42. The first kappa shape index (κ1) is 18.9. The quantitative estimate of drug-likeness (QED) is 0.626. The molecule has 24 heavy (non-hydrogen) atoms. The van der Waals surface area contributed by atoms with E-state index < -0.39 is 0 Å². The minimum atomic E-state index is -0.0743. The Morgan fingerprint density at radius 3 is 2.33 bits per heavy atom. The summed E-state index contributed by atoms with van der Waals surface area (Å²) in [7, 11) is 0. The topological polar surface area (TPSA) is 46.2 Å². The van der Waals surface area contributed by atoms with E-state index in [-0.39, 0.29) is 16.5 Å². The van der Waals surface area contributed by atoms with Crippen LogP contribution in [0.5, 0.6) is 0 Å². The van der Waals surface area contributed by atoms with Crippen LogP contribution in [0.1, 0.15) is 68.8 Å². The molecule has 0 aliphatic heterocycles. The summed E-state index contributed by atoms with van der Waals surface area (Å²) >= 11 is 3.81. The van der Waals surface area contributed by atoms with Crippen LogP contribution in [-0.4, -0.2) is 16.5 Å². The van der Waals surface area contributed by atoms with Gasteiger partial charge in [0.1, 0.15) is 0 Å². The van der Waals surface area contributed by atoms with E-state index in [1.54, 1.807) is 0 Å². The van der Waals surface area contributed by atoms with E-state index in [0.717, 1.165) is 36.8 Å². The number of Topliss-reactive ketones (excluding diaryl/α,β-unsaturated/α-hetero) is 1. The molecule has 2 rings (SSSR count). The summed E-state index contributed by atoms with van der Waals surface area (Å²) < 4.78 is 0. The molecule has 0 heterocycles. The van der Waals surface area contributed by atoms with Gasteiger partial charge in [0.25, 0.3) is 0 Å². The number of allylic oxidation sites excluding steroid dienone is 2. The van der Waals surface area contributed by atoms with Gasteiger partial charge in [-0.1, -0.05) is 80.2 Å². The summed E-state index contributed by atoms with van der Waals surface area (Å²) in [5, 5.41) is 2.91. The predicted octanol–water partition coefficient (Wildman–Crippen LogP) is 5.10. The highest BCUT2D eigenvalue weighted by molar-refractivity contribution is 9.09. The van der Waals surface area contributed by atoms with Crippen LogP contribution in [-0.2, 0) is 4.79 Å². The summed E-state index contributed by atoms with van der Waals surface area (Å²) in [6, 6.07) is 7.64. The van der Waals surface area contributed by atoms with Crippen LogP contribution in [0.4, 0.5) is 0 Å². The molecule has 3 nitrogen and oxygen atoms in total. The molecule has 1 aliphatic carbocycles. The molecule has 1 aromatic rings. The Bertz CT molecular complexity index is 647. The average molecular weight is 392 g/mol. The molecule has 1 atom stereocenters. The zero-order chi connectivity index (χ0) is 17.7. The number of carbonyl (C=O) groups excluding carboxylic acids is 2. The van der Waals surface area contributed by atoms with Crippen molar-refractivity contribution in [2.75, 3.05) is 0 Å². The standard InChI is InChI=1S/C20H26BrNO2/c1-4-7-12-16(23)22-19-17(18(21)13(5-2)6-3)14-10-8-9-11-15(14)20(19)24/h8-11,13,18H,4-7,12H2,1-3H3,(H,22,23,24). The van der Waals surface area contributed by atoms with Crippen LogP contribution in [0.2, 0.25) is 0 Å². The van der Waals surface area contributed by atoms with Gasteiger partial charge in [-0.15, -0.1) is 0 Å². The Morgan fingerprint density at radius 2 is 1.75 bits per heavy atom. The molecule has 1 unspecified atom stereocenters. The van der Waals surface area contributed by atoms with E-state index in [2.05, 4.69) is 42.0 Å². The Kier molecular flexibility index (Phi) is 6.79. The van der Waals surface area contributed by atoms with Gasteiger partial charge in [-0.25, -0.2) is 0 Å². The van der Waals surface area contributed by atoms with E-state index in [4.69, 9.17) is 0 Å². The second kappa shape index (κ2) is 8.61.